The minimum Gasteiger partial charge on any atom is -0.585 e. The molecule has 24 heavy (non-hydrogen) atoms. The Hall–Kier alpha value is -1.96. The fourth-order valence-corrected chi connectivity index (χ4v) is 1.64. The van der Waals surface area contributed by atoms with Gasteiger partial charge >= 0.3 is 6.36 Å². The topological polar surface area (TPSA) is 103 Å². The standard InChI is InChI=1S/C14H12F3N2O3.H3N.W/c1-19-22-12-6-5-9(18)7-13(12)20-10-3-2-4-11(8-10)21-14(15,16)17;;/h2-8H,18H2,1H3;1H3;/q-1;;. The minimum absolute atomic E-state index is 0. The van der Waals surface area contributed by atoms with E-state index in [4.69, 9.17) is 15.3 Å². The van der Waals surface area contributed by atoms with Gasteiger partial charge in [-0.05, 0) is 24.3 Å². The molecule has 2 rings (SSSR count). The summed E-state index contributed by atoms with van der Waals surface area (Å²) in [4.78, 5) is 5.01. The molecule has 0 aliphatic rings. The molecule has 0 aliphatic heterocycles. The average Bonchev–Trinajstić information content (AvgIpc) is 2.40. The Morgan fingerprint density at radius 3 is 2.29 bits per heavy atom. The Morgan fingerprint density at radius 1 is 1.00 bits per heavy atom. The van der Waals surface area contributed by atoms with Gasteiger partial charge in [-0.15, -0.1) is 20.2 Å². The molecule has 0 radical (unpaired) electrons. The smallest absolute Gasteiger partial charge is 0.573 e. The molecule has 0 saturated heterocycles. The first kappa shape index (κ1) is 22.0. The molecule has 10 heteroatoms. The second-order valence-corrected chi connectivity index (χ2v) is 4.10. The van der Waals surface area contributed by atoms with Crippen LogP contribution in [0.5, 0.6) is 23.0 Å². The molecule has 0 heterocycles. The third kappa shape index (κ3) is 6.65. The number of benzene rings is 2. The fourth-order valence-electron chi connectivity index (χ4n) is 1.64. The largest absolute Gasteiger partial charge is 0.585 e. The number of hydroxylamine groups is 1. The molecule has 0 fully saturated rings. The third-order valence-electron chi connectivity index (χ3n) is 2.42. The van der Waals surface area contributed by atoms with E-state index >= 15 is 0 Å². The van der Waals surface area contributed by atoms with Gasteiger partial charge < -0.3 is 31.7 Å². The van der Waals surface area contributed by atoms with Gasteiger partial charge in [0.15, 0.2) is 5.75 Å². The van der Waals surface area contributed by atoms with Gasteiger partial charge in [-0.1, -0.05) is 6.07 Å². The number of nitrogen functional groups attached to an aromatic ring is 1. The number of hydrogen-bond acceptors (Lipinski definition) is 5. The molecule has 0 bridgehead atoms. The normalized spacial score (nSPS) is 10.2. The number of hydrogen-bond donors (Lipinski definition) is 2. The van der Waals surface area contributed by atoms with E-state index in [9.17, 15) is 13.2 Å². The summed E-state index contributed by atoms with van der Waals surface area (Å²) in [5.41, 5.74) is 9.56. The number of nitrogens with zero attached hydrogens (tertiary/aromatic N) is 1. The number of rotatable bonds is 5. The third-order valence-corrected chi connectivity index (χ3v) is 2.42. The van der Waals surface area contributed by atoms with Gasteiger partial charge in [0.1, 0.15) is 17.2 Å². The van der Waals surface area contributed by atoms with Crippen molar-refractivity contribution in [3.63, 3.8) is 0 Å². The Balaban J connectivity index is 0.00000264. The zero-order chi connectivity index (χ0) is 16.2. The molecule has 0 aromatic heterocycles. The van der Waals surface area contributed by atoms with Crippen molar-refractivity contribution >= 4 is 5.69 Å². The van der Waals surface area contributed by atoms with E-state index in [1.165, 1.54) is 37.4 Å². The molecule has 0 saturated carbocycles. The predicted molar refractivity (Wildman–Crippen MR) is 79.0 cm³/mol. The molecule has 6 nitrogen and oxygen atoms in total. The summed E-state index contributed by atoms with van der Waals surface area (Å²) in [7, 11) is 1.43. The summed E-state index contributed by atoms with van der Waals surface area (Å²) in [5, 5.41) is 0. The fraction of sp³-hybridized carbons (Fsp3) is 0.143. The molecule has 0 unspecified atom stereocenters. The van der Waals surface area contributed by atoms with Crippen LogP contribution in [0.25, 0.3) is 5.48 Å². The van der Waals surface area contributed by atoms with Crippen LogP contribution in [0, 0.1) is 0 Å². The molecule has 0 spiro atoms. The summed E-state index contributed by atoms with van der Waals surface area (Å²) in [6.45, 7) is 0. The summed E-state index contributed by atoms with van der Waals surface area (Å²) < 4.78 is 45.9. The van der Waals surface area contributed by atoms with Gasteiger partial charge in [-0.3, -0.25) is 0 Å². The van der Waals surface area contributed by atoms with Crippen molar-refractivity contribution in [1.82, 2.24) is 6.15 Å². The summed E-state index contributed by atoms with van der Waals surface area (Å²) in [5.74, 6) is 0.235. The zero-order valence-electron chi connectivity index (χ0n) is 12.5. The maximum atomic E-state index is 12.2. The number of anilines is 1. The van der Waals surface area contributed by atoms with E-state index in [0.717, 1.165) is 6.07 Å². The summed E-state index contributed by atoms with van der Waals surface area (Å²) in [6, 6.07) is 9.69. The van der Waals surface area contributed by atoms with Gasteiger partial charge in [0, 0.05) is 38.9 Å². The van der Waals surface area contributed by atoms with E-state index in [1.54, 1.807) is 6.07 Å². The van der Waals surface area contributed by atoms with Crippen LogP contribution in [0.4, 0.5) is 18.9 Å². The van der Waals surface area contributed by atoms with Crippen molar-refractivity contribution < 1.29 is 48.5 Å². The van der Waals surface area contributed by atoms with E-state index in [1.807, 2.05) is 0 Å². The van der Waals surface area contributed by atoms with Gasteiger partial charge in [0.2, 0.25) is 0 Å². The van der Waals surface area contributed by atoms with Crippen molar-refractivity contribution in [3.8, 4) is 23.0 Å². The molecule has 5 N–H and O–H groups in total. The summed E-state index contributed by atoms with van der Waals surface area (Å²) >= 11 is 0. The Labute approximate surface area is 150 Å². The minimum atomic E-state index is -4.77. The second-order valence-electron chi connectivity index (χ2n) is 4.10. The summed E-state index contributed by atoms with van der Waals surface area (Å²) in [6.07, 6.45) is -4.77. The maximum Gasteiger partial charge on any atom is 0.573 e. The maximum absolute atomic E-state index is 12.2. The van der Waals surface area contributed by atoms with Crippen LogP contribution in [0.3, 0.4) is 0 Å². The molecule has 0 atom stereocenters. The number of alkyl halides is 3. The van der Waals surface area contributed by atoms with Crippen molar-refractivity contribution in [2.45, 2.75) is 6.36 Å². The van der Waals surface area contributed by atoms with Crippen LogP contribution in [-0.4, -0.2) is 13.4 Å². The van der Waals surface area contributed by atoms with E-state index < -0.39 is 12.1 Å². The van der Waals surface area contributed by atoms with Crippen molar-refractivity contribution in [3.05, 3.63) is 47.9 Å². The van der Waals surface area contributed by atoms with Crippen LogP contribution >= 0.6 is 0 Å². The van der Waals surface area contributed by atoms with Crippen LogP contribution in [0.2, 0.25) is 0 Å². The molecule has 0 aliphatic carbocycles. The Kier molecular flexibility index (Phi) is 8.60. The molecular formula is C14H15F3N3O3W-. The first-order valence-corrected chi connectivity index (χ1v) is 6.07. The van der Waals surface area contributed by atoms with Crippen molar-refractivity contribution in [2.75, 3.05) is 12.8 Å². The number of ether oxygens (including phenoxy) is 2. The van der Waals surface area contributed by atoms with Gasteiger partial charge in [0.25, 0.3) is 0 Å². The predicted octanol–water partition coefficient (Wildman–Crippen LogP) is 4.42. The first-order valence-electron chi connectivity index (χ1n) is 6.07. The average molecular weight is 514 g/mol. The molecule has 2 aromatic carbocycles. The SMILES string of the molecule is C[N-]Oc1ccc(N)cc1Oc1cccc(OC(F)(F)F)c1.N.[W]. The number of nitrogens with two attached hydrogens (primary N) is 1. The zero-order valence-corrected chi connectivity index (χ0v) is 15.5. The number of halogens is 3. The quantitative estimate of drug-likeness (QED) is 0.455. The second kappa shape index (κ2) is 9.36. The van der Waals surface area contributed by atoms with Gasteiger partial charge in [0.05, 0.1) is 0 Å². The Bertz CT molecular complexity index is 657. The molecule has 132 valence electrons. The van der Waals surface area contributed by atoms with Crippen LogP contribution in [0.15, 0.2) is 42.5 Å². The van der Waals surface area contributed by atoms with E-state index in [-0.39, 0.29) is 44.5 Å². The first-order chi connectivity index (χ1) is 10.4. The van der Waals surface area contributed by atoms with Crippen LogP contribution in [-0.2, 0) is 21.1 Å². The van der Waals surface area contributed by atoms with Crippen LogP contribution in [0.1, 0.15) is 0 Å². The van der Waals surface area contributed by atoms with Crippen molar-refractivity contribution in [2.24, 2.45) is 0 Å². The molecule has 0 amide bonds. The molecule has 2 aromatic rings. The molecular weight excluding hydrogens is 499 g/mol. The monoisotopic (exact) mass is 514 g/mol. The van der Waals surface area contributed by atoms with Crippen molar-refractivity contribution in [1.29, 1.82) is 0 Å². The Morgan fingerprint density at radius 2 is 1.67 bits per heavy atom. The van der Waals surface area contributed by atoms with Crippen LogP contribution < -0.4 is 26.2 Å². The van der Waals surface area contributed by atoms with E-state index in [0.29, 0.717) is 5.69 Å². The van der Waals surface area contributed by atoms with Gasteiger partial charge in [-0.2, -0.15) is 0 Å². The van der Waals surface area contributed by atoms with E-state index in [2.05, 4.69) is 10.2 Å². The van der Waals surface area contributed by atoms with Gasteiger partial charge in [-0.25, -0.2) is 0 Å².